The van der Waals surface area contributed by atoms with E-state index >= 15 is 0 Å². The Morgan fingerprint density at radius 1 is 0.556 bits per heavy atom. The molecule has 0 N–H and O–H groups in total. The van der Waals surface area contributed by atoms with Crippen molar-refractivity contribution in [3.63, 3.8) is 0 Å². The predicted molar refractivity (Wildman–Crippen MR) is 194 cm³/mol. The summed E-state index contributed by atoms with van der Waals surface area (Å²) < 4.78 is 2.39. The van der Waals surface area contributed by atoms with Crippen molar-refractivity contribution in [2.75, 3.05) is 4.90 Å². The zero-order valence-corrected chi connectivity index (χ0v) is 26.0. The quantitative estimate of drug-likeness (QED) is 0.170. The van der Waals surface area contributed by atoms with Crippen molar-refractivity contribution in [2.24, 2.45) is 0 Å². The van der Waals surface area contributed by atoms with E-state index < -0.39 is 0 Å². The normalized spacial score (nSPS) is 11.9. The maximum Gasteiger partial charge on any atom is 0.0561 e. The van der Waals surface area contributed by atoms with E-state index in [1.165, 1.54) is 49.6 Å². The number of para-hydroxylation sites is 1. The van der Waals surface area contributed by atoms with Crippen molar-refractivity contribution in [2.45, 2.75) is 20.8 Å². The number of benzene rings is 6. The van der Waals surface area contributed by atoms with Gasteiger partial charge in [0.25, 0.3) is 0 Å². The molecule has 0 unspecified atom stereocenters. The molecule has 45 heavy (non-hydrogen) atoms. The molecule has 1 heterocycles. The summed E-state index contributed by atoms with van der Waals surface area (Å²) in [5.41, 5.74) is 13.0. The molecular weight excluding hydrogens is 544 g/mol. The first-order valence-electron chi connectivity index (χ1n) is 15.6. The molecule has 218 valence electrons. The average Bonchev–Trinajstić information content (AvgIpc) is 3.42. The van der Waals surface area contributed by atoms with Crippen molar-refractivity contribution in [1.29, 1.82) is 0 Å². The highest BCUT2D eigenvalue weighted by molar-refractivity contribution is 6.10. The highest BCUT2D eigenvalue weighted by atomic mass is 15.1. The van der Waals surface area contributed by atoms with Crippen molar-refractivity contribution < 1.29 is 0 Å². The van der Waals surface area contributed by atoms with E-state index in [1.54, 1.807) is 0 Å². The van der Waals surface area contributed by atoms with E-state index in [4.69, 9.17) is 0 Å². The van der Waals surface area contributed by atoms with Crippen LogP contribution in [0.3, 0.4) is 0 Å². The van der Waals surface area contributed by atoms with Gasteiger partial charge in [0.05, 0.1) is 11.0 Å². The standard InChI is InChI=1S/C43H36N2/c1-4-11-32(5-2)34-18-24-36(25-19-34)44(37-26-20-35(21-27-37)33-12-7-6-8-13-33)39-28-29-41-40-14-9-10-15-42(40)45(43(41)30-39)38-22-16-31(3)17-23-38/h4-30H,1-3H3/b11-4-,32-5+. The minimum atomic E-state index is 1.11. The zero-order chi connectivity index (χ0) is 30.8. The number of nitrogens with zero attached hydrogens (tertiary/aromatic N) is 2. The third-order valence-electron chi connectivity index (χ3n) is 8.56. The van der Waals surface area contributed by atoms with Crippen LogP contribution in [0.4, 0.5) is 17.1 Å². The lowest BCUT2D eigenvalue weighted by molar-refractivity contribution is 1.17. The van der Waals surface area contributed by atoms with Crippen LogP contribution in [-0.2, 0) is 0 Å². The van der Waals surface area contributed by atoms with E-state index in [0.29, 0.717) is 0 Å². The molecule has 0 saturated carbocycles. The zero-order valence-electron chi connectivity index (χ0n) is 26.0. The summed E-state index contributed by atoms with van der Waals surface area (Å²) in [4.78, 5) is 2.36. The van der Waals surface area contributed by atoms with E-state index in [9.17, 15) is 0 Å². The smallest absolute Gasteiger partial charge is 0.0561 e. The summed E-state index contributed by atoms with van der Waals surface area (Å²) in [5.74, 6) is 0. The van der Waals surface area contributed by atoms with Gasteiger partial charge in [-0.25, -0.2) is 0 Å². The molecule has 7 aromatic rings. The van der Waals surface area contributed by atoms with Crippen LogP contribution in [0.2, 0.25) is 0 Å². The monoisotopic (exact) mass is 580 g/mol. The van der Waals surface area contributed by atoms with Gasteiger partial charge in [0.15, 0.2) is 0 Å². The SMILES string of the molecule is C/C=C\C(=C/C)c1ccc(N(c2ccc(-c3ccccc3)cc2)c2ccc3c4ccccc4n(-c4ccc(C)cc4)c3c2)cc1. The second-order valence-corrected chi connectivity index (χ2v) is 11.4. The number of fused-ring (bicyclic) bond motifs is 3. The molecule has 0 spiro atoms. The highest BCUT2D eigenvalue weighted by Crippen LogP contribution is 2.40. The lowest BCUT2D eigenvalue weighted by Crippen LogP contribution is -2.10. The topological polar surface area (TPSA) is 8.17 Å². The number of allylic oxidation sites excluding steroid dienone is 4. The number of aryl methyl sites for hydroxylation is 1. The number of hydrogen-bond acceptors (Lipinski definition) is 1. The van der Waals surface area contributed by atoms with Gasteiger partial charge in [0.1, 0.15) is 0 Å². The Hall–Kier alpha value is -5.60. The minimum Gasteiger partial charge on any atom is -0.310 e. The van der Waals surface area contributed by atoms with Gasteiger partial charge in [-0.3, -0.25) is 0 Å². The van der Waals surface area contributed by atoms with Gasteiger partial charge in [0, 0.05) is 33.5 Å². The Morgan fingerprint density at radius 2 is 1.16 bits per heavy atom. The fourth-order valence-electron chi connectivity index (χ4n) is 6.29. The lowest BCUT2D eigenvalue weighted by atomic mass is 10.0. The van der Waals surface area contributed by atoms with Crippen LogP contribution in [0.5, 0.6) is 0 Å². The molecule has 2 nitrogen and oxygen atoms in total. The van der Waals surface area contributed by atoms with Crippen LogP contribution in [0.15, 0.2) is 164 Å². The number of anilines is 3. The Labute approximate surface area is 265 Å². The van der Waals surface area contributed by atoms with Crippen molar-refractivity contribution in [1.82, 2.24) is 4.57 Å². The average molecular weight is 581 g/mol. The molecule has 2 heteroatoms. The van der Waals surface area contributed by atoms with Crippen LogP contribution >= 0.6 is 0 Å². The molecule has 0 bridgehead atoms. The van der Waals surface area contributed by atoms with Crippen LogP contribution in [0.1, 0.15) is 25.0 Å². The molecule has 0 saturated heterocycles. The Kier molecular flexibility index (Phi) is 7.63. The first kappa shape index (κ1) is 28.2. The van der Waals surface area contributed by atoms with Crippen molar-refractivity contribution in [3.05, 3.63) is 175 Å². The molecule has 0 aliphatic carbocycles. The summed E-state index contributed by atoms with van der Waals surface area (Å²) in [6, 6.07) is 52.7. The maximum absolute atomic E-state index is 2.39. The fourth-order valence-corrected chi connectivity index (χ4v) is 6.29. The number of hydrogen-bond donors (Lipinski definition) is 0. The van der Waals surface area contributed by atoms with E-state index in [2.05, 4.69) is 194 Å². The molecule has 0 fully saturated rings. The van der Waals surface area contributed by atoms with Gasteiger partial charge >= 0.3 is 0 Å². The van der Waals surface area contributed by atoms with Gasteiger partial charge in [0.2, 0.25) is 0 Å². The molecule has 0 aliphatic heterocycles. The van der Waals surface area contributed by atoms with E-state index in [-0.39, 0.29) is 0 Å². The van der Waals surface area contributed by atoms with Crippen LogP contribution < -0.4 is 4.90 Å². The summed E-state index contributed by atoms with van der Waals surface area (Å²) >= 11 is 0. The third-order valence-corrected chi connectivity index (χ3v) is 8.56. The van der Waals surface area contributed by atoms with Crippen LogP contribution in [0, 0.1) is 6.92 Å². The molecule has 7 rings (SSSR count). The first-order chi connectivity index (χ1) is 22.1. The van der Waals surface area contributed by atoms with Crippen LogP contribution in [0.25, 0.3) is 44.2 Å². The molecule has 0 aliphatic rings. The fraction of sp³-hybridized carbons (Fsp3) is 0.0698. The predicted octanol–water partition coefficient (Wildman–Crippen LogP) is 12.2. The van der Waals surface area contributed by atoms with Gasteiger partial charge in [-0.1, -0.05) is 115 Å². The summed E-state index contributed by atoms with van der Waals surface area (Å²) in [6.07, 6.45) is 6.41. The second-order valence-electron chi connectivity index (χ2n) is 11.4. The summed E-state index contributed by atoms with van der Waals surface area (Å²) in [7, 11) is 0. The van der Waals surface area contributed by atoms with E-state index in [0.717, 1.165) is 22.7 Å². The van der Waals surface area contributed by atoms with Crippen molar-refractivity contribution >= 4 is 44.4 Å². The molecular formula is C43H36N2. The van der Waals surface area contributed by atoms with E-state index in [1.807, 2.05) is 0 Å². The van der Waals surface area contributed by atoms with Crippen molar-refractivity contribution in [3.8, 4) is 16.8 Å². The minimum absolute atomic E-state index is 1.11. The molecule has 0 atom stereocenters. The highest BCUT2D eigenvalue weighted by Gasteiger charge is 2.18. The first-order valence-corrected chi connectivity index (χ1v) is 15.6. The second kappa shape index (κ2) is 12.2. The van der Waals surface area contributed by atoms with Gasteiger partial charge in [-0.15, -0.1) is 0 Å². The number of rotatable bonds is 7. The Morgan fingerprint density at radius 3 is 1.84 bits per heavy atom. The largest absolute Gasteiger partial charge is 0.310 e. The van der Waals surface area contributed by atoms with Gasteiger partial charge < -0.3 is 9.47 Å². The molecule has 6 aromatic carbocycles. The third kappa shape index (κ3) is 5.36. The Bertz CT molecular complexity index is 2150. The molecule has 1 aromatic heterocycles. The maximum atomic E-state index is 2.39. The summed E-state index contributed by atoms with van der Waals surface area (Å²) in [5, 5.41) is 2.50. The van der Waals surface area contributed by atoms with Crippen LogP contribution in [-0.4, -0.2) is 4.57 Å². The van der Waals surface area contributed by atoms with Gasteiger partial charge in [-0.2, -0.15) is 0 Å². The molecule has 0 radical (unpaired) electrons. The van der Waals surface area contributed by atoms with Gasteiger partial charge in [-0.05, 0) is 97.6 Å². The summed E-state index contributed by atoms with van der Waals surface area (Å²) in [6.45, 7) is 6.29. The number of aromatic nitrogens is 1. The Balaban J connectivity index is 1.41. The lowest BCUT2D eigenvalue weighted by Gasteiger charge is -2.26. The molecule has 0 amide bonds.